The van der Waals surface area contributed by atoms with E-state index in [0.717, 1.165) is 30.5 Å². The minimum atomic E-state index is -0.410. The van der Waals surface area contributed by atoms with Crippen LogP contribution in [0.3, 0.4) is 0 Å². The third-order valence-electron chi connectivity index (χ3n) is 4.38. The molecular formula is C19H23N3O3. The molecule has 1 aliphatic rings. The predicted octanol–water partition coefficient (Wildman–Crippen LogP) is 2.82. The Balaban J connectivity index is 1.70. The zero-order valence-corrected chi connectivity index (χ0v) is 14.4. The van der Waals surface area contributed by atoms with Gasteiger partial charge in [-0.25, -0.2) is 9.78 Å². The molecule has 0 bridgehead atoms. The van der Waals surface area contributed by atoms with Crippen LogP contribution in [0.25, 0.3) is 11.4 Å². The number of aromatic amines is 1. The molecular weight excluding hydrogens is 318 g/mol. The maximum Gasteiger partial charge on any atom is 0.407 e. The van der Waals surface area contributed by atoms with Crippen LogP contribution < -0.4 is 10.9 Å². The van der Waals surface area contributed by atoms with E-state index in [1.165, 1.54) is 0 Å². The number of hydrogen-bond donors (Lipinski definition) is 2. The highest BCUT2D eigenvalue weighted by Gasteiger charge is 2.24. The Bertz CT molecular complexity index is 786. The molecule has 1 unspecified atom stereocenters. The van der Waals surface area contributed by atoms with Gasteiger partial charge in [-0.2, -0.15) is 0 Å². The number of ether oxygens (including phenoxy) is 1. The van der Waals surface area contributed by atoms with Crippen molar-refractivity contribution in [1.82, 2.24) is 15.3 Å². The van der Waals surface area contributed by atoms with E-state index in [1.54, 1.807) is 0 Å². The molecule has 25 heavy (non-hydrogen) atoms. The van der Waals surface area contributed by atoms with Crippen molar-refractivity contribution in [3.05, 3.63) is 51.9 Å². The van der Waals surface area contributed by atoms with Crippen LogP contribution in [0.2, 0.25) is 0 Å². The van der Waals surface area contributed by atoms with Crippen LogP contribution in [0.5, 0.6) is 0 Å². The Labute approximate surface area is 146 Å². The summed E-state index contributed by atoms with van der Waals surface area (Å²) in [5, 5.41) is 2.85. The first-order chi connectivity index (χ1) is 12.2. The van der Waals surface area contributed by atoms with Crippen molar-refractivity contribution in [3.8, 4) is 11.4 Å². The Morgan fingerprint density at radius 3 is 2.92 bits per heavy atom. The molecule has 0 spiro atoms. The lowest BCUT2D eigenvalue weighted by molar-refractivity contribution is 0.139. The second-order valence-corrected chi connectivity index (χ2v) is 6.28. The molecule has 2 aromatic rings. The summed E-state index contributed by atoms with van der Waals surface area (Å²) in [7, 11) is 0. The monoisotopic (exact) mass is 341 g/mol. The molecule has 1 aromatic heterocycles. The molecule has 3 rings (SSSR count). The number of nitrogens with one attached hydrogen (secondary N) is 2. The first-order valence-corrected chi connectivity index (χ1v) is 8.78. The van der Waals surface area contributed by atoms with Crippen LogP contribution in [0.15, 0.2) is 35.1 Å². The molecule has 0 fully saturated rings. The summed E-state index contributed by atoms with van der Waals surface area (Å²) in [4.78, 5) is 31.7. The van der Waals surface area contributed by atoms with Crippen LogP contribution >= 0.6 is 0 Å². The lowest BCUT2D eigenvalue weighted by Crippen LogP contribution is -2.41. The fraction of sp³-hybridized carbons (Fsp3) is 0.421. The molecule has 0 saturated carbocycles. The van der Waals surface area contributed by atoms with Gasteiger partial charge in [0.25, 0.3) is 5.56 Å². The summed E-state index contributed by atoms with van der Waals surface area (Å²) in [6.07, 6.45) is 3.32. The highest BCUT2D eigenvalue weighted by Crippen LogP contribution is 2.20. The van der Waals surface area contributed by atoms with Crippen molar-refractivity contribution in [1.29, 1.82) is 0 Å². The van der Waals surface area contributed by atoms with Gasteiger partial charge in [0.15, 0.2) is 0 Å². The molecule has 0 aliphatic heterocycles. The van der Waals surface area contributed by atoms with E-state index in [2.05, 4.69) is 15.3 Å². The number of unbranched alkanes of at least 4 members (excludes halogenated alkanes) is 1. The van der Waals surface area contributed by atoms with Gasteiger partial charge in [-0.15, -0.1) is 0 Å². The van der Waals surface area contributed by atoms with Gasteiger partial charge in [0, 0.05) is 23.6 Å². The number of aromatic nitrogens is 2. The number of nitrogens with zero attached hydrogens (tertiary/aromatic N) is 1. The van der Waals surface area contributed by atoms with Crippen LogP contribution in [-0.2, 0) is 17.6 Å². The van der Waals surface area contributed by atoms with Gasteiger partial charge in [0.1, 0.15) is 5.82 Å². The van der Waals surface area contributed by atoms with Crippen LogP contribution in [0, 0.1) is 0 Å². The van der Waals surface area contributed by atoms with E-state index in [4.69, 9.17) is 4.74 Å². The fourth-order valence-electron chi connectivity index (χ4n) is 2.99. The summed E-state index contributed by atoms with van der Waals surface area (Å²) < 4.78 is 5.13. The second-order valence-electron chi connectivity index (χ2n) is 6.28. The number of carbonyl (C=O) groups is 1. The minimum Gasteiger partial charge on any atom is -0.450 e. The molecule has 6 nitrogen and oxygen atoms in total. The maximum atomic E-state index is 12.5. The third-order valence-corrected chi connectivity index (χ3v) is 4.38. The number of amides is 1. The molecule has 0 radical (unpaired) electrons. The number of benzene rings is 1. The van der Waals surface area contributed by atoms with Crippen molar-refractivity contribution in [2.75, 3.05) is 6.61 Å². The van der Waals surface area contributed by atoms with E-state index < -0.39 is 6.09 Å². The number of aryl methyl sites for hydroxylation is 1. The number of carbonyl (C=O) groups excluding carboxylic acids is 1. The summed E-state index contributed by atoms with van der Waals surface area (Å²) >= 11 is 0. The molecule has 1 aromatic carbocycles. The number of rotatable bonds is 5. The fourth-order valence-corrected chi connectivity index (χ4v) is 2.99. The minimum absolute atomic E-state index is 0.0906. The smallest absolute Gasteiger partial charge is 0.407 e. The number of fused-ring (bicyclic) bond motifs is 1. The average molecular weight is 341 g/mol. The first kappa shape index (κ1) is 17.2. The van der Waals surface area contributed by atoms with Crippen LogP contribution in [0.1, 0.15) is 37.4 Å². The molecule has 2 N–H and O–H groups in total. The van der Waals surface area contributed by atoms with Crippen molar-refractivity contribution in [2.45, 2.75) is 45.1 Å². The molecule has 0 saturated heterocycles. The van der Waals surface area contributed by atoms with Gasteiger partial charge < -0.3 is 15.0 Å². The van der Waals surface area contributed by atoms with Crippen LogP contribution in [-0.4, -0.2) is 28.7 Å². The second kappa shape index (κ2) is 7.96. The molecule has 1 atom stereocenters. The van der Waals surface area contributed by atoms with Crippen molar-refractivity contribution >= 4 is 6.09 Å². The molecule has 6 heteroatoms. The third kappa shape index (κ3) is 4.26. The lowest BCUT2D eigenvalue weighted by Gasteiger charge is -2.24. The van der Waals surface area contributed by atoms with Gasteiger partial charge in [-0.05, 0) is 19.3 Å². The van der Waals surface area contributed by atoms with E-state index >= 15 is 0 Å². The number of alkyl carbamates (subject to hydrolysis) is 1. The Kier molecular flexibility index (Phi) is 5.48. The van der Waals surface area contributed by atoms with Gasteiger partial charge in [-0.3, -0.25) is 4.79 Å². The molecule has 132 valence electrons. The van der Waals surface area contributed by atoms with E-state index in [1.807, 2.05) is 37.3 Å². The molecule has 1 amide bonds. The number of H-pyrrole nitrogens is 1. The quantitative estimate of drug-likeness (QED) is 0.819. The topological polar surface area (TPSA) is 84.1 Å². The Morgan fingerprint density at radius 2 is 2.16 bits per heavy atom. The van der Waals surface area contributed by atoms with Crippen molar-refractivity contribution < 1.29 is 9.53 Å². The Hall–Kier alpha value is -2.63. The van der Waals surface area contributed by atoms with Gasteiger partial charge >= 0.3 is 6.09 Å². The molecule has 1 heterocycles. The van der Waals surface area contributed by atoms with E-state index in [9.17, 15) is 9.59 Å². The summed E-state index contributed by atoms with van der Waals surface area (Å²) in [6, 6.07) is 9.51. The highest BCUT2D eigenvalue weighted by molar-refractivity contribution is 5.67. The zero-order valence-electron chi connectivity index (χ0n) is 14.4. The number of hydrogen-bond acceptors (Lipinski definition) is 4. The van der Waals surface area contributed by atoms with Gasteiger partial charge in [0.2, 0.25) is 0 Å². The standard InChI is InChI=1S/C19H23N3O3/c1-2-3-11-25-19(24)20-14-9-10-16-15(12-14)18(23)22-17(21-16)13-7-5-4-6-8-13/h4-8,14H,2-3,9-12H2,1H3,(H,20,24)(H,21,22,23). The Morgan fingerprint density at radius 1 is 1.36 bits per heavy atom. The highest BCUT2D eigenvalue weighted by atomic mass is 16.5. The summed E-state index contributed by atoms with van der Waals surface area (Å²) in [6.45, 7) is 2.47. The van der Waals surface area contributed by atoms with Gasteiger partial charge in [-0.1, -0.05) is 43.7 Å². The summed E-state index contributed by atoms with van der Waals surface area (Å²) in [5.41, 5.74) is 2.24. The normalized spacial score (nSPS) is 16.1. The van der Waals surface area contributed by atoms with E-state index in [0.29, 0.717) is 30.8 Å². The lowest BCUT2D eigenvalue weighted by atomic mass is 9.92. The van der Waals surface area contributed by atoms with Crippen molar-refractivity contribution in [2.24, 2.45) is 0 Å². The first-order valence-electron chi connectivity index (χ1n) is 8.78. The maximum absolute atomic E-state index is 12.5. The average Bonchev–Trinajstić information content (AvgIpc) is 2.63. The van der Waals surface area contributed by atoms with Gasteiger partial charge in [0.05, 0.1) is 12.3 Å². The van der Waals surface area contributed by atoms with Crippen LogP contribution in [0.4, 0.5) is 4.79 Å². The molecule has 1 aliphatic carbocycles. The zero-order chi connectivity index (χ0) is 17.6. The SMILES string of the molecule is CCCCOC(=O)NC1CCc2nc(-c3ccccc3)[nH]c(=O)c2C1. The summed E-state index contributed by atoms with van der Waals surface area (Å²) in [5.74, 6) is 0.592. The predicted molar refractivity (Wildman–Crippen MR) is 95.5 cm³/mol. The largest absolute Gasteiger partial charge is 0.450 e. The van der Waals surface area contributed by atoms with Crippen molar-refractivity contribution in [3.63, 3.8) is 0 Å². The van der Waals surface area contributed by atoms with E-state index in [-0.39, 0.29) is 11.6 Å².